The Balaban J connectivity index is 3.04. The van der Waals surface area contributed by atoms with Crippen molar-refractivity contribution < 1.29 is 19.5 Å². The topological polar surface area (TPSA) is 127 Å². The van der Waals surface area contributed by atoms with Crippen molar-refractivity contribution in [3.05, 3.63) is 28.2 Å². The summed E-state index contributed by atoms with van der Waals surface area (Å²) < 4.78 is 0.581. The van der Waals surface area contributed by atoms with E-state index in [1.54, 1.807) is 6.07 Å². The molecule has 0 aliphatic carbocycles. The van der Waals surface area contributed by atoms with Gasteiger partial charge in [-0.2, -0.15) is 0 Å². The van der Waals surface area contributed by atoms with Crippen LogP contribution in [-0.2, 0) is 9.59 Å². The Bertz CT molecular complexity index is 517. The summed E-state index contributed by atoms with van der Waals surface area (Å²) in [6.07, 6.45) is 0. The molecule has 0 radical (unpaired) electrons. The van der Waals surface area contributed by atoms with Crippen molar-refractivity contribution in [2.75, 3.05) is 13.1 Å². The van der Waals surface area contributed by atoms with Crippen molar-refractivity contribution >= 4 is 33.7 Å². The number of amides is 3. The quantitative estimate of drug-likeness (QED) is 0.677. The minimum Gasteiger partial charge on any atom is -0.507 e. The lowest BCUT2D eigenvalue weighted by molar-refractivity contribution is -0.121. The first-order valence-corrected chi connectivity index (χ1v) is 5.95. The van der Waals surface area contributed by atoms with Gasteiger partial charge in [0.05, 0.1) is 5.56 Å². The van der Waals surface area contributed by atoms with Crippen LogP contribution < -0.4 is 11.5 Å². The number of hydrogen-bond acceptors (Lipinski definition) is 4. The Kier molecular flexibility index (Phi) is 4.87. The van der Waals surface area contributed by atoms with Gasteiger partial charge in [-0.1, -0.05) is 15.9 Å². The molecule has 1 aromatic carbocycles. The summed E-state index contributed by atoms with van der Waals surface area (Å²) in [6, 6.07) is 4.22. The molecule has 19 heavy (non-hydrogen) atoms. The van der Waals surface area contributed by atoms with Gasteiger partial charge in [0.2, 0.25) is 11.8 Å². The van der Waals surface area contributed by atoms with Crippen molar-refractivity contribution in [3.63, 3.8) is 0 Å². The number of nitrogens with zero attached hydrogens (tertiary/aromatic N) is 1. The van der Waals surface area contributed by atoms with E-state index in [0.29, 0.717) is 4.47 Å². The van der Waals surface area contributed by atoms with Crippen molar-refractivity contribution in [2.24, 2.45) is 11.5 Å². The van der Waals surface area contributed by atoms with Crippen LogP contribution in [0.3, 0.4) is 0 Å². The van der Waals surface area contributed by atoms with Crippen LogP contribution in [-0.4, -0.2) is 40.8 Å². The molecule has 5 N–H and O–H groups in total. The van der Waals surface area contributed by atoms with E-state index in [-0.39, 0.29) is 11.3 Å². The molecule has 8 heteroatoms. The lowest BCUT2D eigenvalue weighted by atomic mass is 10.1. The van der Waals surface area contributed by atoms with Gasteiger partial charge in [-0.15, -0.1) is 0 Å². The third kappa shape index (κ3) is 4.25. The molecule has 0 aromatic heterocycles. The largest absolute Gasteiger partial charge is 0.507 e. The van der Waals surface area contributed by atoms with E-state index >= 15 is 0 Å². The second-order valence-corrected chi connectivity index (χ2v) is 4.67. The maximum atomic E-state index is 12.1. The molecular formula is C11H12BrN3O4. The number of nitrogens with two attached hydrogens (primary N) is 2. The fourth-order valence-electron chi connectivity index (χ4n) is 1.43. The van der Waals surface area contributed by atoms with Crippen LogP contribution in [0.4, 0.5) is 0 Å². The minimum atomic E-state index is -0.786. The van der Waals surface area contributed by atoms with E-state index < -0.39 is 30.8 Å². The third-order valence-electron chi connectivity index (χ3n) is 2.17. The normalized spacial score (nSPS) is 9.95. The number of benzene rings is 1. The first kappa shape index (κ1) is 15.0. The number of hydrogen-bond donors (Lipinski definition) is 3. The lowest BCUT2D eigenvalue weighted by Gasteiger charge is -2.19. The zero-order valence-electron chi connectivity index (χ0n) is 9.80. The van der Waals surface area contributed by atoms with Gasteiger partial charge in [-0.25, -0.2) is 0 Å². The van der Waals surface area contributed by atoms with Crippen LogP contribution in [0.15, 0.2) is 22.7 Å². The molecule has 0 heterocycles. The predicted molar refractivity (Wildman–Crippen MR) is 70.1 cm³/mol. The molecular weight excluding hydrogens is 318 g/mol. The Morgan fingerprint density at radius 1 is 1.16 bits per heavy atom. The molecule has 0 bridgehead atoms. The van der Waals surface area contributed by atoms with Gasteiger partial charge in [0, 0.05) is 4.47 Å². The SMILES string of the molecule is NC(=O)CN(CC(N)=O)C(=O)c1ccc(Br)cc1O. The Morgan fingerprint density at radius 3 is 2.11 bits per heavy atom. The Labute approximate surface area is 117 Å². The van der Waals surface area contributed by atoms with E-state index in [2.05, 4.69) is 15.9 Å². The summed E-state index contributed by atoms with van der Waals surface area (Å²) in [5, 5.41) is 9.67. The second kappa shape index (κ2) is 6.19. The van der Waals surface area contributed by atoms with Crippen LogP contribution in [0.5, 0.6) is 5.75 Å². The molecule has 1 rings (SSSR count). The first-order valence-electron chi connectivity index (χ1n) is 5.15. The van der Waals surface area contributed by atoms with Gasteiger partial charge in [0.1, 0.15) is 18.8 Å². The summed E-state index contributed by atoms with van der Waals surface area (Å²) in [7, 11) is 0. The molecule has 7 nitrogen and oxygen atoms in total. The number of phenols is 1. The fourth-order valence-corrected chi connectivity index (χ4v) is 1.78. The molecule has 0 unspecified atom stereocenters. The van der Waals surface area contributed by atoms with E-state index in [0.717, 1.165) is 4.90 Å². The van der Waals surface area contributed by atoms with Crippen LogP contribution in [0, 0.1) is 0 Å². The van der Waals surface area contributed by atoms with Gasteiger partial charge in [0.15, 0.2) is 0 Å². The average molecular weight is 330 g/mol. The van der Waals surface area contributed by atoms with Crippen LogP contribution in [0.1, 0.15) is 10.4 Å². The number of aromatic hydroxyl groups is 1. The van der Waals surface area contributed by atoms with Crippen molar-refractivity contribution in [1.29, 1.82) is 0 Å². The minimum absolute atomic E-state index is 0.0503. The van der Waals surface area contributed by atoms with Gasteiger partial charge < -0.3 is 21.5 Å². The van der Waals surface area contributed by atoms with E-state index in [1.165, 1.54) is 12.1 Å². The summed E-state index contributed by atoms with van der Waals surface area (Å²) >= 11 is 3.13. The highest BCUT2D eigenvalue weighted by Gasteiger charge is 2.22. The lowest BCUT2D eigenvalue weighted by Crippen LogP contribution is -2.43. The van der Waals surface area contributed by atoms with E-state index in [1.807, 2.05) is 0 Å². The zero-order valence-corrected chi connectivity index (χ0v) is 11.4. The second-order valence-electron chi connectivity index (χ2n) is 3.76. The summed E-state index contributed by atoms with van der Waals surface area (Å²) in [6.45, 7) is -0.922. The molecule has 0 aliphatic rings. The molecule has 0 spiro atoms. The smallest absolute Gasteiger partial charge is 0.258 e. The highest BCUT2D eigenvalue weighted by Crippen LogP contribution is 2.23. The zero-order chi connectivity index (χ0) is 14.6. The van der Waals surface area contributed by atoms with Crippen molar-refractivity contribution in [3.8, 4) is 5.75 Å². The molecule has 0 atom stereocenters. The molecule has 0 fully saturated rings. The molecule has 1 aromatic rings. The summed E-state index contributed by atoms with van der Waals surface area (Å²) in [5.41, 5.74) is 9.93. The highest BCUT2D eigenvalue weighted by atomic mass is 79.9. The van der Waals surface area contributed by atoms with Crippen LogP contribution in [0.25, 0.3) is 0 Å². The number of halogens is 1. The standard InChI is InChI=1S/C11H12BrN3O4/c12-6-1-2-7(8(16)3-6)11(19)15(4-9(13)17)5-10(14)18/h1-3,16H,4-5H2,(H2,13,17)(H2,14,18). The number of carbonyl (C=O) groups is 3. The Morgan fingerprint density at radius 2 is 1.68 bits per heavy atom. The van der Waals surface area contributed by atoms with Gasteiger partial charge in [0.25, 0.3) is 5.91 Å². The summed E-state index contributed by atoms with van der Waals surface area (Å²) in [5.74, 6) is -2.56. The average Bonchev–Trinajstić information content (AvgIpc) is 2.26. The van der Waals surface area contributed by atoms with Crippen LogP contribution >= 0.6 is 15.9 Å². The Hall–Kier alpha value is -2.09. The third-order valence-corrected chi connectivity index (χ3v) is 2.66. The van der Waals surface area contributed by atoms with Crippen molar-refractivity contribution in [2.45, 2.75) is 0 Å². The maximum Gasteiger partial charge on any atom is 0.258 e. The molecule has 102 valence electrons. The predicted octanol–water partition coefficient (Wildman–Crippen LogP) is -0.433. The molecule has 0 saturated heterocycles. The molecule has 3 amide bonds. The van der Waals surface area contributed by atoms with E-state index in [9.17, 15) is 19.5 Å². The number of carbonyl (C=O) groups excluding carboxylic acids is 3. The maximum absolute atomic E-state index is 12.1. The number of primary amides is 2. The summed E-state index contributed by atoms with van der Waals surface area (Å²) in [4.78, 5) is 34.7. The van der Waals surface area contributed by atoms with Gasteiger partial charge in [-0.3, -0.25) is 14.4 Å². The first-order chi connectivity index (χ1) is 8.81. The molecule has 0 aliphatic heterocycles. The fraction of sp³-hybridized carbons (Fsp3) is 0.182. The monoisotopic (exact) mass is 329 g/mol. The van der Waals surface area contributed by atoms with Gasteiger partial charge >= 0.3 is 0 Å². The van der Waals surface area contributed by atoms with Gasteiger partial charge in [-0.05, 0) is 18.2 Å². The van der Waals surface area contributed by atoms with Crippen molar-refractivity contribution in [1.82, 2.24) is 4.90 Å². The highest BCUT2D eigenvalue weighted by molar-refractivity contribution is 9.10. The van der Waals surface area contributed by atoms with E-state index in [4.69, 9.17) is 11.5 Å². The number of phenolic OH excluding ortho intramolecular Hbond substituents is 1. The molecule has 0 saturated carbocycles. The van der Waals surface area contributed by atoms with Crippen LogP contribution in [0.2, 0.25) is 0 Å². The number of rotatable bonds is 5.